The van der Waals surface area contributed by atoms with Crippen LogP contribution >= 0.6 is 0 Å². The van der Waals surface area contributed by atoms with Gasteiger partial charge in [-0.3, -0.25) is 9.59 Å². The van der Waals surface area contributed by atoms with Crippen molar-refractivity contribution in [2.45, 2.75) is 31.1 Å². The van der Waals surface area contributed by atoms with Gasteiger partial charge >= 0.3 is 5.97 Å². The van der Waals surface area contributed by atoms with Crippen LogP contribution in [0.5, 0.6) is 0 Å². The van der Waals surface area contributed by atoms with E-state index in [1.165, 1.54) is 7.11 Å². The Balaban J connectivity index is 1.96. The monoisotopic (exact) mass is 304 g/mol. The van der Waals surface area contributed by atoms with E-state index in [1.54, 1.807) is 0 Å². The molecule has 22 heavy (non-hydrogen) atoms. The molecule has 1 aliphatic heterocycles. The molecule has 5 heteroatoms. The van der Waals surface area contributed by atoms with E-state index < -0.39 is 0 Å². The Morgan fingerprint density at radius 3 is 2.68 bits per heavy atom. The van der Waals surface area contributed by atoms with Crippen molar-refractivity contribution < 1.29 is 14.3 Å². The number of benzene rings is 1. The van der Waals surface area contributed by atoms with Crippen LogP contribution in [0.3, 0.4) is 0 Å². The summed E-state index contributed by atoms with van der Waals surface area (Å²) >= 11 is 0. The maximum absolute atomic E-state index is 12.4. The summed E-state index contributed by atoms with van der Waals surface area (Å²) in [6.07, 6.45) is 2.28. The highest BCUT2D eigenvalue weighted by atomic mass is 16.5. The summed E-state index contributed by atoms with van der Waals surface area (Å²) in [7, 11) is 1.38. The number of likely N-dealkylation sites (tertiary alicyclic amines) is 1. The van der Waals surface area contributed by atoms with Gasteiger partial charge < -0.3 is 15.4 Å². The van der Waals surface area contributed by atoms with E-state index in [0.717, 1.165) is 12.0 Å². The second-order valence-corrected chi connectivity index (χ2v) is 5.84. The molecule has 1 aromatic carbocycles. The lowest BCUT2D eigenvalue weighted by Gasteiger charge is -2.41. The molecule has 0 unspecified atom stereocenters. The minimum Gasteiger partial charge on any atom is -0.469 e. The van der Waals surface area contributed by atoms with E-state index in [2.05, 4.69) is 4.74 Å². The summed E-state index contributed by atoms with van der Waals surface area (Å²) < 4.78 is 4.62. The predicted molar refractivity (Wildman–Crippen MR) is 84.2 cm³/mol. The van der Waals surface area contributed by atoms with Crippen LogP contribution in [0.15, 0.2) is 30.3 Å². The standard InChI is InChI=1S/C17H24N2O3/c1-22-16(21)8-5-10-19-11-9-17(13-18,12-15(19)20)14-6-3-2-4-7-14/h2-4,6-7H,5,8-13,18H2,1H3/t17-/m1/s1. The highest BCUT2D eigenvalue weighted by Gasteiger charge is 2.39. The van der Waals surface area contributed by atoms with E-state index >= 15 is 0 Å². The molecule has 1 fully saturated rings. The van der Waals surface area contributed by atoms with E-state index in [-0.39, 0.29) is 17.3 Å². The third-order valence-corrected chi connectivity index (χ3v) is 4.52. The molecule has 1 amide bonds. The first-order valence-electron chi connectivity index (χ1n) is 7.71. The normalized spacial score (nSPS) is 21.7. The van der Waals surface area contributed by atoms with Gasteiger partial charge in [-0.05, 0) is 18.4 Å². The largest absolute Gasteiger partial charge is 0.469 e. The van der Waals surface area contributed by atoms with Crippen molar-refractivity contribution in [3.63, 3.8) is 0 Å². The number of rotatable bonds is 6. The highest BCUT2D eigenvalue weighted by Crippen LogP contribution is 2.35. The molecular weight excluding hydrogens is 280 g/mol. The maximum atomic E-state index is 12.4. The zero-order valence-corrected chi connectivity index (χ0v) is 13.1. The lowest BCUT2D eigenvalue weighted by atomic mass is 9.72. The molecule has 1 saturated heterocycles. The second-order valence-electron chi connectivity index (χ2n) is 5.84. The third-order valence-electron chi connectivity index (χ3n) is 4.52. The predicted octanol–water partition coefficient (Wildman–Crippen LogP) is 1.46. The first-order valence-corrected chi connectivity index (χ1v) is 7.71. The average molecular weight is 304 g/mol. The summed E-state index contributed by atoms with van der Waals surface area (Å²) in [6, 6.07) is 10.0. The Labute approximate surface area is 131 Å². The summed E-state index contributed by atoms with van der Waals surface area (Å²) in [5.74, 6) is -0.115. The van der Waals surface area contributed by atoms with Crippen LogP contribution in [0.1, 0.15) is 31.2 Å². The molecule has 0 aliphatic carbocycles. The SMILES string of the molecule is COC(=O)CCCN1CC[C@@](CN)(c2ccccc2)CC1=O. The van der Waals surface area contributed by atoms with Crippen molar-refractivity contribution in [1.29, 1.82) is 0 Å². The van der Waals surface area contributed by atoms with Gasteiger partial charge in [0.15, 0.2) is 0 Å². The Bertz CT molecular complexity index is 518. The number of amides is 1. The molecule has 0 aromatic heterocycles. The summed E-state index contributed by atoms with van der Waals surface area (Å²) in [5, 5.41) is 0. The first kappa shape index (κ1) is 16.5. The first-order chi connectivity index (χ1) is 10.6. The van der Waals surface area contributed by atoms with Crippen LogP contribution < -0.4 is 5.73 Å². The van der Waals surface area contributed by atoms with Crippen LogP contribution in [-0.4, -0.2) is 43.5 Å². The molecule has 120 valence electrons. The zero-order chi connectivity index (χ0) is 16.0. The van der Waals surface area contributed by atoms with Crippen LogP contribution in [0.2, 0.25) is 0 Å². The molecule has 0 radical (unpaired) electrons. The van der Waals surface area contributed by atoms with E-state index in [1.807, 2.05) is 35.2 Å². The van der Waals surface area contributed by atoms with Crippen LogP contribution in [0, 0.1) is 0 Å². The van der Waals surface area contributed by atoms with Crippen LogP contribution in [0.4, 0.5) is 0 Å². The fraction of sp³-hybridized carbons (Fsp3) is 0.529. The number of carbonyl (C=O) groups excluding carboxylic acids is 2. The Morgan fingerprint density at radius 1 is 1.36 bits per heavy atom. The quantitative estimate of drug-likeness (QED) is 0.808. The molecule has 1 heterocycles. The molecule has 1 atom stereocenters. The van der Waals surface area contributed by atoms with Crippen molar-refractivity contribution in [2.24, 2.45) is 5.73 Å². The number of hydrogen-bond donors (Lipinski definition) is 1. The molecule has 5 nitrogen and oxygen atoms in total. The number of carbonyl (C=O) groups is 2. The molecule has 0 saturated carbocycles. The molecular formula is C17H24N2O3. The minimum absolute atomic E-state index is 0.116. The molecule has 2 rings (SSSR count). The van der Waals surface area contributed by atoms with Gasteiger partial charge in [0.2, 0.25) is 5.91 Å². The van der Waals surface area contributed by atoms with E-state index in [0.29, 0.717) is 38.9 Å². The smallest absolute Gasteiger partial charge is 0.305 e. The molecule has 0 spiro atoms. The van der Waals surface area contributed by atoms with Gasteiger partial charge in [-0.25, -0.2) is 0 Å². The van der Waals surface area contributed by atoms with Crippen molar-refractivity contribution in [2.75, 3.05) is 26.7 Å². The number of methoxy groups -OCH3 is 1. The van der Waals surface area contributed by atoms with Gasteiger partial charge in [0.25, 0.3) is 0 Å². The fourth-order valence-corrected chi connectivity index (χ4v) is 3.05. The van der Waals surface area contributed by atoms with Crippen molar-refractivity contribution in [3.05, 3.63) is 35.9 Å². The number of hydrogen-bond acceptors (Lipinski definition) is 4. The zero-order valence-electron chi connectivity index (χ0n) is 13.1. The summed E-state index contributed by atoms with van der Waals surface area (Å²) in [5.41, 5.74) is 6.89. The number of ether oxygens (including phenoxy) is 1. The molecule has 0 bridgehead atoms. The molecule has 2 N–H and O–H groups in total. The number of nitrogens with two attached hydrogens (primary N) is 1. The Hall–Kier alpha value is -1.88. The van der Waals surface area contributed by atoms with Gasteiger partial charge in [-0.15, -0.1) is 0 Å². The Morgan fingerprint density at radius 2 is 2.09 bits per heavy atom. The number of nitrogens with zero attached hydrogens (tertiary/aromatic N) is 1. The van der Waals surface area contributed by atoms with E-state index in [9.17, 15) is 9.59 Å². The topological polar surface area (TPSA) is 72.6 Å². The minimum atomic E-state index is -0.253. The molecule has 1 aromatic rings. The lowest BCUT2D eigenvalue weighted by Crippen LogP contribution is -2.50. The maximum Gasteiger partial charge on any atom is 0.305 e. The van der Waals surface area contributed by atoms with Crippen molar-refractivity contribution in [1.82, 2.24) is 4.90 Å². The van der Waals surface area contributed by atoms with Gasteiger partial charge in [-0.2, -0.15) is 0 Å². The number of piperidine rings is 1. The van der Waals surface area contributed by atoms with Crippen LogP contribution in [0.25, 0.3) is 0 Å². The summed E-state index contributed by atoms with van der Waals surface area (Å²) in [4.78, 5) is 25.4. The summed E-state index contributed by atoms with van der Waals surface area (Å²) in [6.45, 7) is 1.76. The number of esters is 1. The van der Waals surface area contributed by atoms with Crippen molar-refractivity contribution in [3.8, 4) is 0 Å². The Kier molecular flexibility index (Phi) is 5.55. The van der Waals surface area contributed by atoms with Gasteiger partial charge in [0.1, 0.15) is 0 Å². The second kappa shape index (κ2) is 7.40. The fourth-order valence-electron chi connectivity index (χ4n) is 3.05. The van der Waals surface area contributed by atoms with Gasteiger partial charge in [0.05, 0.1) is 7.11 Å². The lowest BCUT2D eigenvalue weighted by molar-refractivity contribution is -0.142. The highest BCUT2D eigenvalue weighted by molar-refractivity contribution is 5.79. The van der Waals surface area contributed by atoms with Crippen LogP contribution in [-0.2, 0) is 19.7 Å². The van der Waals surface area contributed by atoms with Gasteiger partial charge in [-0.1, -0.05) is 30.3 Å². The third kappa shape index (κ3) is 3.65. The van der Waals surface area contributed by atoms with Crippen molar-refractivity contribution >= 4 is 11.9 Å². The van der Waals surface area contributed by atoms with Gasteiger partial charge in [0, 0.05) is 37.9 Å². The van der Waals surface area contributed by atoms with E-state index in [4.69, 9.17) is 5.73 Å². The molecule has 1 aliphatic rings. The average Bonchev–Trinajstić information content (AvgIpc) is 2.57.